The van der Waals surface area contributed by atoms with Crippen molar-refractivity contribution in [1.82, 2.24) is 9.72 Å². The molecule has 7 nitrogen and oxygen atoms in total. The van der Waals surface area contributed by atoms with Gasteiger partial charge in [0.25, 0.3) is 5.56 Å². The largest absolute Gasteiger partial charge is 0.493 e. The van der Waals surface area contributed by atoms with Gasteiger partial charge >= 0.3 is 12.1 Å². The number of nitrogens with zero attached hydrogens (tertiary/aromatic N) is 2. The summed E-state index contributed by atoms with van der Waals surface area (Å²) in [6.07, 6.45) is -2.99. The van der Waals surface area contributed by atoms with Crippen LogP contribution in [0.25, 0.3) is 21.9 Å². The quantitative estimate of drug-likeness (QED) is 0.185. The van der Waals surface area contributed by atoms with E-state index < -0.39 is 17.8 Å². The molecule has 0 aliphatic carbocycles. The molecule has 2 aromatic carbocycles. The van der Waals surface area contributed by atoms with E-state index in [1.54, 1.807) is 28.8 Å². The van der Waals surface area contributed by atoms with E-state index in [-0.39, 0.29) is 23.1 Å². The molecule has 0 aliphatic rings. The highest BCUT2D eigenvalue weighted by Gasteiger charge is 2.37. The Bertz CT molecular complexity index is 1440. The Morgan fingerprint density at radius 3 is 2.66 bits per heavy atom. The zero-order valence-electron chi connectivity index (χ0n) is 19.1. The molecule has 0 saturated heterocycles. The highest BCUT2D eigenvalue weighted by Crippen LogP contribution is 2.38. The first-order valence-corrected chi connectivity index (χ1v) is 11.1. The van der Waals surface area contributed by atoms with Gasteiger partial charge in [-0.2, -0.15) is 13.2 Å². The second kappa shape index (κ2) is 9.81. The number of aryl methyl sites for hydroxylation is 2. The van der Waals surface area contributed by atoms with Gasteiger partial charge in [-0.3, -0.25) is 9.59 Å². The van der Waals surface area contributed by atoms with Crippen LogP contribution in [0.1, 0.15) is 37.9 Å². The molecule has 2 heterocycles. The van der Waals surface area contributed by atoms with Crippen molar-refractivity contribution in [2.24, 2.45) is 0 Å². The van der Waals surface area contributed by atoms with Gasteiger partial charge in [0.2, 0.25) is 0 Å². The van der Waals surface area contributed by atoms with E-state index in [0.717, 1.165) is 5.39 Å². The van der Waals surface area contributed by atoms with Gasteiger partial charge in [-0.25, -0.2) is 0 Å². The van der Waals surface area contributed by atoms with Crippen LogP contribution in [0.5, 0.6) is 11.5 Å². The number of pyridine rings is 1. The third kappa shape index (κ3) is 5.16. The maximum atomic E-state index is 13.2. The minimum atomic E-state index is -4.61. The third-order valence-corrected chi connectivity index (χ3v) is 5.48. The minimum Gasteiger partial charge on any atom is -0.493 e. The first-order chi connectivity index (χ1) is 16.7. The molecule has 0 unspecified atom stereocenters. The maximum absolute atomic E-state index is 13.2. The molecule has 0 amide bonds. The molecule has 2 aromatic heterocycles. The highest BCUT2D eigenvalue weighted by atomic mass is 19.4. The van der Waals surface area contributed by atoms with Crippen LogP contribution >= 0.6 is 0 Å². The van der Waals surface area contributed by atoms with Gasteiger partial charge in [-0.1, -0.05) is 18.5 Å². The van der Waals surface area contributed by atoms with E-state index in [0.29, 0.717) is 48.4 Å². The molecule has 0 spiro atoms. The van der Waals surface area contributed by atoms with Crippen molar-refractivity contribution in [1.29, 1.82) is 0 Å². The number of halogens is 3. The topological polar surface area (TPSA) is 83.6 Å². The molecule has 35 heavy (non-hydrogen) atoms. The Kier molecular flexibility index (Phi) is 6.81. The van der Waals surface area contributed by atoms with E-state index in [2.05, 4.69) is 5.16 Å². The van der Waals surface area contributed by atoms with Gasteiger partial charge in [0.1, 0.15) is 11.5 Å². The normalized spacial score (nSPS) is 11.8. The van der Waals surface area contributed by atoms with Crippen molar-refractivity contribution in [3.8, 4) is 11.5 Å². The van der Waals surface area contributed by atoms with Crippen LogP contribution in [0.2, 0.25) is 0 Å². The van der Waals surface area contributed by atoms with Gasteiger partial charge in [0.05, 0.1) is 17.5 Å². The number of rotatable bonds is 8. The van der Waals surface area contributed by atoms with Crippen LogP contribution in [0.4, 0.5) is 13.2 Å². The number of esters is 1. The lowest BCUT2D eigenvalue weighted by atomic mass is 10.0. The number of hydrogen-bond acceptors (Lipinski definition) is 6. The molecule has 0 radical (unpaired) electrons. The maximum Gasteiger partial charge on any atom is 0.437 e. The smallest absolute Gasteiger partial charge is 0.437 e. The lowest BCUT2D eigenvalue weighted by Gasteiger charge is -2.13. The van der Waals surface area contributed by atoms with Gasteiger partial charge in [-0.05, 0) is 49.2 Å². The molecule has 184 valence electrons. The molecule has 4 rings (SSSR count). The van der Waals surface area contributed by atoms with Crippen LogP contribution < -0.4 is 15.0 Å². The Balaban J connectivity index is 1.51. The van der Waals surface area contributed by atoms with E-state index in [4.69, 9.17) is 14.0 Å². The summed E-state index contributed by atoms with van der Waals surface area (Å²) in [7, 11) is 0. The van der Waals surface area contributed by atoms with Crippen LogP contribution in [0.15, 0.2) is 51.8 Å². The zero-order valence-corrected chi connectivity index (χ0v) is 19.1. The summed E-state index contributed by atoms with van der Waals surface area (Å²) in [6, 6.07) is 10.9. The van der Waals surface area contributed by atoms with Crippen LogP contribution in [0.3, 0.4) is 0 Å². The van der Waals surface area contributed by atoms with Crippen molar-refractivity contribution in [3.63, 3.8) is 0 Å². The number of ether oxygens (including phenoxy) is 2. The summed E-state index contributed by atoms with van der Waals surface area (Å²) in [5, 5.41) is 3.87. The standard InChI is InChI=1S/C25H23F3N2O5/c1-3-5-18-21(10-8-19-23(18)35-29-24(19)25(26,27)28)33-13-4-12-30-20-9-7-17(34-15(2)31)14-16(20)6-11-22(30)32/h6-11,14H,3-5,12-13H2,1-2H3. The van der Waals surface area contributed by atoms with E-state index in [1.807, 2.05) is 6.92 Å². The number of aromatic nitrogens is 2. The Morgan fingerprint density at radius 2 is 1.94 bits per heavy atom. The van der Waals surface area contributed by atoms with Crippen molar-refractivity contribution in [3.05, 3.63) is 64.1 Å². The lowest BCUT2D eigenvalue weighted by Crippen LogP contribution is -2.20. The monoisotopic (exact) mass is 488 g/mol. The average Bonchev–Trinajstić information content (AvgIpc) is 3.24. The van der Waals surface area contributed by atoms with E-state index in [1.165, 1.54) is 25.1 Å². The Hall–Kier alpha value is -3.82. The highest BCUT2D eigenvalue weighted by molar-refractivity contribution is 5.85. The SMILES string of the molecule is CCCc1c(OCCCn2c(=O)ccc3cc(OC(C)=O)ccc32)ccc2c(C(F)(F)F)noc12. The third-order valence-electron chi connectivity index (χ3n) is 5.48. The summed E-state index contributed by atoms with van der Waals surface area (Å²) < 4.78 is 57.2. The number of benzene rings is 2. The Labute approximate surface area is 198 Å². The molecular weight excluding hydrogens is 465 g/mol. The summed E-state index contributed by atoms with van der Waals surface area (Å²) >= 11 is 0. The van der Waals surface area contributed by atoms with Gasteiger partial charge in [0.15, 0.2) is 11.3 Å². The van der Waals surface area contributed by atoms with E-state index in [9.17, 15) is 22.8 Å². The number of carbonyl (C=O) groups is 1. The molecule has 0 fully saturated rings. The first kappa shape index (κ1) is 24.3. The number of carbonyl (C=O) groups excluding carboxylic acids is 1. The summed E-state index contributed by atoms with van der Waals surface area (Å²) in [4.78, 5) is 23.6. The predicted molar refractivity (Wildman–Crippen MR) is 123 cm³/mol. The van der Waals surface area contributed by atoms with E-state index >= 15 is 0 Å². The van der Waals surface area contributed by atoms with Crippen molar-refractivity contribution in [2.45, 2.75) is 45.8 Å². The number of hydrogen-bond donors (Lipinski definition) is 0. The fraction of sp³-hybridized carbons (Fsp3) is 0.320. The van der Waals surface area contributed by atoms with Crippen molar-refractivity contribution >= 4 is 27.8 Å². The second-order valence-electron chi connectivity index (χ2n) is 8.04. The fourth-order valence-electron chi connectivity index (χ4n) is 4.01. The molecule has 0 N–H and O–H groups in total. The van der Waals surface area contributed by atoms with Crippen LogP contribution in [0, 0.1) is 0 Å². The molecular formula is C25H23F3N2O5. The number of alkyl halides is 3. The molecule has 4 aromatic rings. The summed E-state index contributed by atoms with van der Waals surface area (Å²) in [6.45, 7) is 3.81. The Morgan fingerprint density at radius 1 is 1.14 bits per heavy atom. The molecule has 0 aliphatic heterocycles. The fourth-order valence-corrected chi connectivity index (χ4v) is 4.01. The molecule has 0 saturated carbocycles. The predicted octanol–water partition coefficient (Wildman–Crippen LogP) is 5.51. The van der Waals surface area contributed by atoms with Gasteiger partial charge in [0, 0.05) is 30.5 Å². The first-order valence-electron chi connectivity index (χ1n) is 11.1. The van der Waals surface area contributed by atoms with Crippen molar-refractivity contribution in [2.75, 3.05) is 6.61 Å². The summed E-state index contributed by atoms with van der Waals surface area (Å²) in [5.74, 6) is 0.384. The number of fused-ring (bicyclic) bond motifs is 2. The van der Waals surface area contributed by atoms with Gasteiger partial charge in [-0.15, -0.1) is 0 Å². The average molecular weight is 488 g/mol. The van der Waals surface area contributed by atoms with Gasteiger partial charge < -0.3 is 18.6 Å². The van der Waals surface area contributed by atoms with Crippen LogP contribution in [-0.2, 0) is 23.9 Å². The lowest BCUT2D eigenvalue weighted by molar-refractivity contribution is -0.141. The molecule has 0 bridgehead atoms. The zero-order chi connectivity index (χ0) is 25.2. The van der Waals surface area contributed by atoms with Crippen LogP contribution in [-0.4, -0.2) is 22.3 Å². The molecule has 10 heteroatoms. The van der Waals surface area contributed by atoms with Crippen molar-refractivity contribution < 1.29 is 32.0 Å². The molecule has 0 atom stereocenters. The minimum absolute atomic E-state index is 0.0746. The second-order valence-corrected chi connectivity index (χ2v) is 8.04. The summed E-state index contributed by atoms with van der Waals surface area (Å²) in [5.41, 5.74) is 0.0532.